The summed E-state index contributed by atoms with van der Waals surface area (Å²) in [7, 11) is -17.9. The standard InChI is InChI=1S/FH.H5O10P3.5Sr/c;1-11(2,3)9-13(7,8)10-12(4,5)6;;;;;/h1H;(H,7,8)(H2,1,2,3)(H2,4,5,6);;;;;/q;;5*+2/p-6. The van der Waals surface area contributed by atoms with E-state index in [-0.39, 0.29) is 232 Å². The molecule has 0 heterocycles. The first-order valence-electron chi connectivity index (χ1n) is 2.19. The number of rotatable bonds is 4. The van der Waals surface area contributed by atoms with E-state index >= 15 is 0 Å². The van der Waals surface area contributed by atoms with E-state index in [0.29, 0.717) is 0 Å². The Bertz CT molecular complexity index is 293. The van der Waals surface area contributed by atoms with E-state index in [9.17, 15) is 38.2 Å². The van der Waals surface area contributed by atoms with Crippen LogP contribution in [-0.2, 0) is 22.3 Å². The van der Waals surface area contributed by atoms with E-state index in [2.05, 4.69) is 8.62 Å². The summed E-state index contributed by atoms with van der Waals surface area (Å²) in [5, 5.41) is 0. The fourth-order valence-corrected chi connectivity index (χ4v) is 2.61. The summed E-state index contributed by atoms with van der Waals surface area (Å²) >= 11 is 0. The molecule has 0 aliphatic heterocycles. The first-order chi connectivity index (χ1) is 5.41. The fourth-order valence-electron chi connectivity index (χ4n) is 0.260. The van der Waals surface area contributed by atoms with E-state index in [4.69, 9.17) is 0 Å². The second-order valence-corrected chi connectivity index (χ2v) is 5.49. The van der Waals surface area contributed by atoms with Gasteiger partial charge in [0.15, 0.2) is 0 Å². The molecule has 0 bridgehead atoms. The minimum atomic E-state index is -5.97. The maximum atomic E-state index is 10.1. The van der Waals surface area contributed by atoms with Crippen LogP contribution in [0, 0.1) is 0 Å². The van der Waals surface area contributed by atoms with Crippen LogP contribution >= 0.6 is 23.5 Å². The van der Waals surface area contributed by atoms with Gasteiger partial charge in [-0.25, -0.2) is 0 Å². The zero-order valence-electron chi connectivity index (χ0n) is 9.34. The van der Waals surface area contributed by atoms with Gasteiger partial charge in [-0.05, 0) is 0 Å². The van der Waals surface area contributed by atoms with Gasteiger partial charge in [0.1, 0.15) is 0 Å². The molecule has 0 amide bonds. The van der Waals surface area contributed by atoms with Crippen LogP contribution in [0.4, 0.5) is 0 Å². The molecule has 0 unspecified atom stereocenters. The van der Waals surface area contributed by atoms with E-state index in [1.165, 1.54) is 0 Å². The zero-order valence-corrected chi connectivity index (χ0v) is 29.4. The Labute approximate surface area is 293 Å². The summed E-state index contributed by atoms with van der Waals surface area (Å²) in [6.45, 7) is 0. The third-order valence-corrected chi connectivity index (χ3v) is 3.60. The summed E-state index contributed by atoms with van der Waals surface area (Å²) in [6.07, 6.45) is 0. The summed E-state index contributed by atoms with van der Waals surface area (Å²) in [5.41, 5.74) is 0. The van der Waals surface area contributed by atoms with Crippen molar-refractivity contribution in [3.63, 3.8) is 0 Å². The van der Waals surface area contributed by atoms with Crippen molar-refractivity contribution in [2.75, 3.05) is 0 Å². The summed E-state index contributed by atoms with van der Waals surface area (Å²) in [5.74, 6) is 0. The maximum absolute atomic E-state index is 10.1. The van der Waals surface area contributed by atoms with Gasteiger partial charge in [-0.2, -0.15) is 0 Å². The Hall–Kier alpha value is 7.74. The smallest absolute Gasteiger partial charge is 1.00 e. The van der Waals surface area contributed by atoms with Crippen molar-refractivity contribution in [1.29, 1.82) is 0 Å². The molecule has 0 atom stereocenters. The number of hydrogen-bond donors (Lipinski definition) is 0. The van der Waals surface area contributed by atoms with E-state index < -0.39 is 23.5 Å². The van der Waals surface area contributed by atoms with E-state index in [1.807, 2.05) is 0 Å². The Balaban J connectivity index is -0.0000000480. The summed E-state index contributed by atoms with van der Waals surface area (Å²) in [4.78, 5) is 48.6. The normalized spacial score (nSPS) is 9.95. The molecule has 0 saturated carbocycles. The van der Waals surface area contributed by atoms with Crippen LogP contribution in [0.25, 0.3) is 0 Å². The monoisotopic (exact) mass is 711 g/mol. The van der Waals surface area contributed by atoms with Gasteiger partial charge in [0.05, 0.1) is 15.6 Å². The maximum Gasteiger partial charge on any atom is 2.00 e. The van der Waals surface area contributed by atoms with Crippen molar-refractivity contribution >= 4 is 251 Å². The van der Waals surface area contributed by atoms with Crippen LogP contribution in [0.3, 0.4) is 0 Å². The van der Waals surface area contributed by atoms with Gasteiger partial charge >= 0.3 is 227 Å². The quantitative estimate of drug-likeness (QED) is 0.201. The molecule has 0 aromatic heterocycles. The van der Waals surface area contributed by atoms with Crippen molar-refractivity contribution in [2.45, 2.75) is 0 Å². The second kappa shape index (κ2) is 20.5. The van der Waals surface area contributed by atoms with E-state index in [0.717, 1.165) is 0 Å². The minimum absolute atomic E-state index is 0. The average molecular weight is 710 g/mol. The van der Waals surface area contributed by atoms with Gasteiger partial charge in [0.2, 0.25) is 0 Å². The molecule has 0 radical (unpaired) electrons. The van der Waals surface area contributed by atoms with Gasteiger partial charge in [-0.15, -0.1) is 0 Å². The van der Waals surface area contributed by atoms with Crippen molar-refractivity contribution in [2.24, 2.45) is 0 Å². The minimum Gasteiger partial charge on any atom is -1.00 e. The topological polar surface area (TPSA) is 185 Å². The second-order valence-electron chi connectivity index (χ2n) is 1.50. The fraction of sp³-hybridized carbons (Fsp3) is 0. The van der Waals surface area contributed by atoms with Crippen LogP contribution in [0.15, 0.2) is 0 Å². The van der Waals surface area contributed by atoms with Crippen LogP contribution in [0.1, 0.15) is 0 Å². The first kappa shape index (κ1) is 45.5. The Morgan fingerprint density at radius 3 is 0.842 bits per heavy atom. The summed E-state index contributed by atoms with van der Waals surface area (Å²) in [6, 6.07) is 0. The Morgan fingerprint density at radius 2 is 0.737 bits per heavy atom. The summed E-state index contributed by atoms with van der Waals surface area (Å²) < 4.78 is 34.7. The van der Waals surface area contributed by atoms with Gasteiger partial charge in [-0.3, -0.25) is 13.2 Å². The first-order valence-corrected chi connectivity index (χ1v) is 6.57. The molecule has 88 valence electrons. The molecule has 0 aliphatic carbocycles. The third-order valence-electron chi connectivity index (χ3n) is 0.400. The zero-order chi connectivity index (χ0) is 10.9. The van der Waals surface area contributed by atoms with Crippen molar-refractivity contribution < 1.29 is 51.5 Å². The van der Waals surface area contributed by atoms with Crippen LogP contribution < -0.4 is 29.2 Å². The molecule has 0 aliphatic rings. The molecule has 0 rings (SSSR count). The number of hydrogen-bond acceptors (Lipinski definition) is 10. The molecule has 0 saturated heterocycles. The number of halogens is 1. The molecule has 0 fully saturated rings. The molecule has 0 spiro atoms. The van der Waals surface area contributed by atoms with Crippen molar-refractivity contribution in [3.05, 3.63) is 0 Å². The molecular weight excluding hydrogens is 710 g/mol. The van der Waals surface area contributed by atoms with Crippen molar-refractivity contribution in [3.8, 4) is 0 Å². The van der Waals surface area contributed by atoms with Gasteiger partial charge in [0, 0.05) is 0 Å². The third kappa shape index (κ3) is 37.2. The SMILES string of the molecule is O=P([O-])([O-])OP(=O)([O-])OP(=O)([O-])[O-].[F-].[Sr+2].[Sr+2].[Sr+2].[Sr+2].[Sr+2]. The van der Waals surface area contributed by atoms with Crippen LogP contribution in [0.2, 0.25) is 0 Å². The number of phosphoric acid groups is 3. The molecule has 10 nitrogen and oxygen atoms in total. The van der Waals surface area contributed by atoms with Crippen molar-refractivity contribution in [1.82, 2.24) is 0 Å². The predicted molar refractivity (Wildman–Crippen MR) is 53.8 cm³/mol. The molecular formula is FO10P3Sr5+4. The van der Waals surface area contributed by atoms with Gasteiger partial charge in [-0.1, -0.05) is 0 Å². The Kier molecular flexibility index (Phi) is 49.0. The van der Waals surface area contributed by atoms with Crippen LogP contribution in [0.5, 0.6) is 0 Å². The van der Waals surface area contributed by atoms with E-state index in [1.54, 1.807) is 0 Å². The molecule has 19 heteroatoms. The van der Waals surface area contributed by atoms with Gasteiger partial charge in [0.25, 0.3) is 7.82 Å². The molecule has 19 heavy (non-hydrogen) atoms. The molecule has 0 N–H and O–H groups in total. The average Bonchev–Trinajstić information content (AvgIpc) is 1.43. The molecule has 0 aromatic carbocycles. The van der Waals surface area contributed by atoms with Gasteiger partial charge < -0.3 is 38.3 Å². The Morgan fingerprint density at radius 1 is 0.579 bits per heavy atom. The van der Waals surface area contributed by atoms with Crippen LogP contribution in [-0.4, -0.2) is 227 Å². The largest absolute Gasteiger partial charge is 2.00 e. The molecule has 0 aromatic rings. The predicted octanol–water partition coefficient (Wildman–Crippen LogP) is -8.75.